The first kappa shape index (κ1) is 17.0. The summed E-state index contributed by atoms with van der Waals surface area (Å²) in [5.41, 5.74) is 1.67. The van der Waals surface area contributed by atoms with E-state index in [2.05, 4.69) is 16.7 Å². The molecule has 6 heteroatoms. The summed E-state index contributed by atoms with van der Waals surface area (Å²) in [6.07, 6.45) is 0. The number of amides is 2. The summed E-state index contributed by atoms with van der Waals surface area (Å²) in [7, 11) is 1.65. The van der Waals surface area contributed by atoms with Crippen LogP contribution in [0, 0.1) is 0 Å². The van der Waals surface area contributed by atoms with Crippen molar-refractivity contribution in [2.45, 2.75) is 6.54 Å². The number of anilines is 1. The zero-order chi connectivity index (χ0) is 18.6. The van der Waals surface area contributed by atoms with Crippen LogP contribution in [0.15, 0.2) is 54.6 Å². The first-order valence-electron chi connectivity index (χ1n) is 8.72. The highest BCUT2D eigenvalue weighted by atomic mass is 16.6. The largest absolute Gasteiger partial charge is 0.497 e. The number of methoxy groups -OCH3 is 1. The Morgan fingerprint density at radius 2 is 1.74 bits per heavy atom. The van der Waals surface area contributed by atoms with E-state index in [1.165, 1.54) is 0 Å². The number of rotatable bonds is 4. The number of benzene rings is 3. The van der Waals surface area contributed by atoms with E-state index in [1.54, 1.807) is 25.3 Å². The average Bonchev–Trinajstić information content (AvgIpc) is 2.71. The molecule has 0 fully saturated rings. The molecule has 0 bridgehead atoms. The Morgan fingerprint density at radius 1 is 0.963 bits per heavy atom. The van der Waals surface area contributed by atoms with Gasteiger partial charge in [-0.3, -0.25) is 0 Å². The van der Waals surface area contributed by atoms with Gasteiger partial charge >= 0.3 is 6.03 Å². The molecule has 3 aromatic carbocycles. The van der Waals surface area contributed by atoms with Gasteiger partial charge in [0.1, 0.15) is 19.0 Å². The van der Waals surface area contributed by atoms with Crippen LogP contribution in [0.3, 0.4) is 0 Å². The third-order valence-corrected chi connectivity index (χ3v) is 4.36. The number of nitrogens with one attached hydrogen (secondary N) is 2. The van der Waals surface area contributed by atoms with Gasteiger partial charge in [0.05, 0.1) is 7.11 Å². The number of hydrogen-bond acceptors (Lipinski definition) is 4. The Morgan fingerprint density at radius 3 is 2.59 bits per heavy atom. The lowest BCUT2D eigenvalue weighted by Crippen LogP contribution is -2.28. The van der Waals surface area contributed by atoms with Crippen LogP contribution in [-0.2, 0) is 6.54 Å². The van der Waals surface area contributed by atoms with Crippen LogP contribution in [0.1, 0.15) is 5.56 Å². The molecule has 138 valence electrons. The predicted molar refractivity (Wildman–Crippen MR) is 104 cm³/mol. The van der Waals surface area contributed by atoms with Crippen LogP contribution in [0.5, 0.6) is 17.2 Å². The van der Waals surface area contributed by atoms with Gasteiger partial charge < -0.3 is 24.8 Å². The molecule has 1 aliphatic heterocycles. The predicted octanol–water partition coefficient (Wildman–Crippen LogP) is 3.94. The Bertz CT molecular complexity index is 987. The van der Waals surface area contributed by atoms with E-state index >= 15 is 0 Å². The third-order valence-electron chi connectivity index (χ3n) is 4.36. The van der Waals surface area contributed by atoms with Crippen LogP contribution in [0.25, 0.3) is 10.8 Å². The molecule has 0 saturated carbocycles. The summed E-state index contributed by atoms with van der Waals surface area (Å²) in [6, 6.07) is 17.1. The number of carbonyl (C=O) groups excluding carboxylic acids is 1. The van der Waals surface area contributed by atoms with E-state index in [0.29, 0.717) is 36.9 Å². The van der Waals surface area contributed by atoms with E-state index in [1.807, 2.05) is 30.3 Å². The Kier molecular flexibility index (Phi) is 4.70. The van der Waals surface area contributed by atoms with Crippen LogP contribution in [0.2, 0.25) is 0 Å². The molecule has 0 aliphatic carbocycles. The summed E-state index contributed by atoms with van der Waals surface area (Å²) in [5.74, 6) is 2.16. The maximum atomic E-state index is 12.2. The molecule has 2 N–H and O–H groups in total. The van der Waals surface area contributed by atoms with Crippen molar-refractivity contribution in [2.24, 2.45) is 0 Å². The molecule has 0 atom stereocenters. The average molecular weight is 364 g/mol. The molecule has 2 amide bonds. The Hall–Kier alpha value is -3.41. The van der Waals surface area contributed by atoms with Crippen molar-refractivity contribution >= 4 is 22.5 Å². The van der Waals surface area contributed by atoms with Crippen molar-refractivity contribution in [3.05, 3.63) is 60.2 Å². The van der Waals surface area contributed by atoms with Gasteiger partial charge in [0.25, 0.3) is 0 Å². The van der Waals surface area contributed by atoms with Crippen LogP contribution in [0.4, 0.5) is 10.5 Å². The second-order valence-corrected chi connectivity index (χ2v) is 6.21. The Labute approximate surface area is 157 Å². The van der Waals surface area contributed by atoms with E-state index in [9.17, 15) is 4.79 Å². The van der Waals surface area contributed by atoms with Crippen molar-refractivity contribution in [1.82, 2.24) is 5.32 Å². The molecule has 3 aromatic rings. The molecule has 4 rings (SSSR count). The van der Waals surface area contributed by atoms with E-state index in [4.69, 9.17) is 14.2 Å². The Balaban J connectivity index is 1.38. The van der Waals surface area contributed by atoms with Gasteiger partial charge in [0.2, 0.25) is 0 Å². The second kappa shape index (κ2) is 7.45. The molecule has 0 aromatic heterocycles. The van der Waals surface area contributed by atoms with Gasteiger partial charge in [-0.2, -0.15) is 0 Å². The van der Waals surface area contributed by atoms with Crippen molar-refractivity contribution in [3.8, 4) is 17.2 Å². The van der Waals surface area contributed by atoms with E-state index in [-0.39, 0.29) is 6.03 Å². The zero-order valence-electron chi connectivity index (χ0n) is 15.0. The third kappa shape index (κ3) is 3.89. The van der Waals surface area contributed by atoms with Crippen molar-refractivity contribution in [3.63, 3.8) is 0 Å². The summed E-state index contributed by atoms with van der Waals surface area (Å²) in [4.78, 5) is 12.2. The van der Waals surface area contributed by atoms with Crippen molar-refractivity contribution in [1.29, 1.82) is 0 Å². The number of urea groups is 1. The SMILES string of the molecule is COc1ccc2cc(CNC(=O)Nc3ccc4c(c3)OCCO4)ccc2c1. The lowest BCUT2D eigenvalue weighted by Gasteiger charge is -2.19. The zero-order valence-corrected chi connectivity index (χ0v) is 15.0. The fourth-order valence-electron chi connectivity index (χ4n) is 2.99. The monoisotopic (exact) mass is 364 g/mol. The molecule has 6 nitrogen and oxygen atoms in total. The molecular formula is C21H20N2O4. The second-order valence-electron chi connectivity index (χ2n) is 6.21. The maximum absolute atomic E-state index is 12.2. The topological polar surface area (TPSA) is 68.8 Å². The molecule has 1 aliphatic rings. The summed E-state index contributed by atoms with van der Waals surface area (Å²) in [6.45, 7) is 1.48. The lowest BCUT2D eigenvalue weighted by atomic mass is 10.1. The number of hydrogen-bond donors (Lipinski definition) is 2. The van der Waals surface area contributed by atoms with Crippen molar-refractivity contribution < 1.29 is 19.0 Å². The van der Waals surface area contributed by atoms with Gasteiger partial charge in [-0.15, -0.1) is 0 Å². The van der Waals surface area contributed by atoms with E-state index < -0.39 is 0 Å². The van der Waals surface area contributed by atoms with E-state index in [0.717, 1.165) is 22.1 Å². The number of carbonyl (C=O) groups is 1. The maximum Gasteiger partial charge on any atom is 0.319 e. The number of ether oxygens (including phenoxy) is 3. The molecule has 1 heterocycles. The minimum Gasteiger partial charge on any atom is -0.497 e. The highest BCUT2D eigenvalue weighted by Crippen LogP contribution is 2.32. The molecule has 0 unspecified atom stereocenters. The smallest absolute Gasteiger partial charge is 0.319 e. The van der Waals surface area contributed by atoms with Gasteiger partial charge in [-0.1, -0.05) is 18.2 Å². The summed E-state index contributed by atoms with van der Waals surface area (Å²) < 4.78 is 16.2. The summed E-state index contributed by atoms with van der Waals surface area (Å²) in [5, 5.41) is 7.88. The first-order valence-corrected chi connectivity index (χ1v) is 8.72. The minimum atomic E-state index is -0.276. The van der Waals surface area contributed by atoms with Gasteiger partial charge in [0, 0.05) is 18.3 Å². The van der Waals surface area contributed by atoms with Crippen molar-refractivity contribution in [2.75, 3.05) is 25.6 Å². The quantitative estimate of drug-likeness (QED) is 0.736. The number of fused-ring (bicyclic) bond motifs is 2. The standard InChI is InChI=1S/C21H20N2O4/c1-25-18-6-4-15-10-14(2-3-16(15)11-18)13-22-21(24)23-17-5-7-19-20(12-17)27-9-8-26-19/h2-7,10-12H,8-9,13H2,1H3,(H2,22,23,24). The molecular weight excluding hydrogens is 344 g/mol. The fraction of sp³-hybridized carbons (Fsp3) is 0.190. The highest BCUT2D eigenvalue weighted by molar-refractivity contribution is 5.90. The normalized spacial score (nSPS) is 12.5. The van der Waals surface area contributed by atoms with Gasteiger partial charge in [-0.05, 0) is 46.7 Å². The molecule has 27 heavy (non-hydrogen) atoms. The summed E-state index contributed by atoms with van der Waals surface area (Å²) >= 11 is 0. The van der Waals surface area contributed by atoms with Gasteiger partial charge in [0.15, 0.2) is 11.5 Å². The van der Waals surface area contributed by atoms with Crippen LogP contribution in [-0.4, -0.2) is 26.4 Å². The molecule has 0 radical (unpaired) electrons. The fourth-order valence-corrected chi connectivity index (χ4v) is 2.99. The molecule has 0 saturated heterocycles. The lowest BCUT2D eigenvalue weighted by molar-refractivity contribution is 0.171. The van der Waals surface area contributed by atoms with Crippen LogP contribution >= 0.6 is 0 Å². The van der Waals surface area contributed by atoms with Crippen LogP contribution < -0.4 is 24.8 Å². The molecule has 0 spiro atoms. The van der Waals surface area contributed by atoms with Gasteiger partial charge in [-0.25, -0.2) is 4.79 Å². The first-order chi connectivity index (χ1) is 13.2. The highest BCUT2D eigenvalue weighted by Gasteiger charge is 2.12. The minimum absolute atomic E-state index is 0.276.